The summed E-state index contributed by atoms with van der Waals surface area (Å²) in [4.78, 5) is 4.48. The summed E-state index contributed by atoms with van der Waals surface area (Å²) in [5, 5.41) is 1.78. The molecule has 0 spiro atoms. The molecule has 1 saturated carbocycles. The van der Waals surface area contributed by atoms with Gasteiger partial charge in [0.25, 0.3) is 0 Å². The topological polar surface area (TPSA) is 12.9 Å². The predicted octanol–water partition coefficient (Wildman–Crippen LogP) is 7.20. The number of thiazole rings is 1. The first-order chi connectivity index (χ1) is 10.1. The van der Waals surface area contributed by atoms with Gasteiger partial charge in [0.15, 0.2) is 4.47 Å². The third kappa shape index (κ3) is 3.89. The van der Waals surface area contributed by atoms with Crippen LogP contribution in [0.2, 0.25) is 14.5 Å². The van der Waals surface area contributed by atoms with Crippen LogP contribution in [0.3, 0.4) is 0 Å². The number of thioether (sulfide) groups is 1. The second-order valence-electron chi connectivity index (χ2n) is 5.11. The van der Waals surface area contributed by atoms with E-state index >= 15 is 0 Å². The number of benzene rings is 1. The van der Waals surface area contributed by atoms with Gasteiger partial charge in [-0.2, -0.15) is 0 Å². The van der Waals surface area contributed by atoms with Crippen molar-refractivity contribution in [2.45, 2.75) is 41.6 Å². The molecule has 1 nitrogen and oxygen atoms in total. The molecule has 0 atom stereocenters. The van der Waals surface area contributed by atoms with Crippen LogP contribution >= 0.6 is 57.9 Å². The molecule has 6 heteroatoms. The van der Waals surface area contributed by atoms with Crippen LogP contribution in [0.5, 0.6) is 0 Å². The number of rotatable bonds is 3. The first kappa shape index (κ1) is 15.9. The molecule has 0 unspecified atom stereocenters. The summed E-state index contributed by atoms with van der Waals surface area (Å²) in [6.45, 7) is 0. The maximum absolute atomic E-state index is 6.14. The van der Waals surface area contributed by atoms with E-state index in [1.165, 1.54) is 36.3 Å². The van der Waals surface area contributed by atoms with Crippen molar-refractivity contribution in [2.75, 3.05) is 0 Å². The largest absolute Gasteiger partial charge is 0.224 e. The molecular formula is C15H14Cl3NS2. The van der Waals surface area contributed by atoms with Gasteiger partial charge in [0, 0.05) is 10.8 Å². The molecule has 1 aliphatic rings. The van der Waals surface area contributed by atoms with Crippen molar-refractivity contribution in [1.82, 2.24) is 4.98 Å². The quantitative estimate of drug-likeness (QED) is 0.560. The molecule has 0 saturated heterocycles. The number of hydrogen-bond acceptors (Lipinski definition) is 3. The Bertz CT molecular complexity index is 636. The molecule has 1 fully saturated rings. The summed E-state index contributed by atoms with van der Waals surface area (Å²) in [6.07, 6.45) is 6.57. The monoisotopic (exact) mass is 377 g/mol. The Kier molecular flexibility index (Phi) is 5.39. The molecular weight excluding hydrogens is 365 g/mol. The molecule has 1 heterocycles. The molecule has 0 bridgehead atoms. The van der Waals surface area contributed by atoms with Gasteiger partial charge in [-0.1, -0.05) is 71.5 Å². The Hall–Kier alpha value is 0.0700. The summed E-state index contributed by atoms with van der Waals surface area (Å²) in [5.74, 6) is 0. The van der Waals surface area contributed by atoms with Crippen LogP contribution in [0, 0.1) is 0 Å². The van der Waals surface area contributed by atoms with Crippen LogP contribution in [0.15, 0.2) is 22.4 Å². The fraction of sp³-hybridized carbons (Fsp3) is 0.400. The standard InChI is InChI=1S/C15H14Cl3NS2/c16-11-7-6-9(8-12(11)17)13-14(21-15(18)19-13)20-10-4-2-1-3-5-10/h6-8,10H,1-5H2. The average Bonchev–Trinajstić information content (AvgIpc) is 2.84. The minimum absolute atomic E-state index is 0.548. The second-order valence-corrected chi connectivity index (χ2v) is 9.07. The van der Waals surface area contributed by atoms with Crippen LogP contribution in [-0.4, -0.2) is 10.2 Å². The van der Waals surface area contributed by atoms with Gasteiger partial charge in [-0.3, -0.25) is 0 Å². The van der Waals surface area contributed by atoms with Gasteiger partial charge in [0.2, 0.25) is 0 Å². The fourth-order valence-corrected chi connectivity index (χ4v) is 5.81. The molecule has 1 aromatic heterocycles. The summed E-state index contributed by atoms with van der Waals surface area (Å²) >= 11 is 21.7. The number of nitrogens with zero attached hydrogens (tertiary/aromatic N) is 1. The molecule has 112 valence electrons. The van der Waals surface area contributed by atoms with Crippen molar-refractivity contribution in [3.63, 3.8) is 0 Å². The van der Waals surface area contributed by atoms with Gasteiger partial charge >= 0.3 is 0 Å². The van der Waals surface area contributed by atoms with Crippen molar-refractivity contribution in [3.8, 4) is 11.3 Å². The third-order valence-electron chi connectivity index (χ3n) is 3.59. The highest BCUT2D eigenvalue weighted by Gasteiger charge is 2.20. The zero-order valence-corrected chi connectivity index (χ0v) is 15.1. The van der Waals surface area contributed by atoms with Crippen LogP contribution < -0.4 is 0 Å². The van der Waals surface area contributed by atoms with E-state index in [-0.39, 0.29) is 0 Å². The highest BCUT2D eigenvalue weighted by molar-refractivity contribution is 8.01. The van der Waals surface area contributed by atoms with Crippen LogP contribution in [0.1, 0.15) is 32.1 Å². The highest BCUT2D eigenvalue weighted by Crippen LogP contribution is 2.44. The summed E-state index contributed by atoms with van der Waals surface area (Å²) in [7, 11) is 0. The molecule has 0 amide bonds. The van der Waals surface area contributed by atoms with Crippen molar-refractivity contribution in [3.05, 3.63) is 32.7 Å². The van der Waals surface area contributed by atoms with Crippen molar-refractivity contribution >= 4 is 57.9 Å². The molecule has 3 rings (SSSR count). The second kappa shape index (κ2) is 7.10. The Morgan fingerprint density at radius 2 is 1.81 bits per heavy atom. The van der Waals surface area contributed by atoms with E-state index in [1.807, 2.05) is 30.0 Å². The molecule has 1 aromatic carbocycles. The van der Waals surface area contributed by atoms with Crippen LogP contribution in [-0.2, 0) is 0 Å². The van der Waals surface area contributed by atoms with Crippen LogP contribution in [0.4, 0.5) is 0 Å². The minimum atomic E-state index is 0.548. The van der Waals surface area contributed by atoms with Gasteiger partial charge in [-0.25, -0.2) is 4.98 Å². The zero-order valence-electron chi connectivity index (χ0n) is 11.2. The predicted molar refractivity (Wildman–Crippen MR) is 95.3 cm³/mol. The number of aromatic nitrogens is 1. The normalized spacial score (nSPS) is 16.3. The minimum Gasteiger partial charge on any atom is -0.224 e. The first-order valence-corrected chi connectivity index (χ1v) is 9.75. The number of halogens is 3. The Morgan fingerprint density at radius 1 is 1.05 bits per heavy atom. The molecule has 2 aromatic rings. The maximum atomic E-state index is 6.14. The van der Waals surface area contributed by atoms with Crippen molar-refractivity contribution in [1.29, 1.82) is 0 Å². The molecule has 21 heavy (non-hydrogen) atoms. The average molecular weight is 379 g/mol. The molecule has 0 aliphatic heterocycles. The van der Waals surface area contributed by atoms with Crippen LogP contribution in [0.25, 0.3) is 11.3 Å². The summed E-state index contributed by atoms with van der Waals surface area (Å²) in [6, 6.07) is 5.62. The molecule has 0 radical (unpaired) electrons. The molecule has 0 N–H and O–H groups in total. The van der Waals surface area contributed by atoms with Gasteiger partial charge < -0.3 is 0 Å². The lowest BCUT2D eigenvalue weighted by Crippen LogP contribution is -2.07. The lowest BCUT2D eigenvalue weighted by molar-refractivity contribution is 0.516. The summed E-state index contributed by atoms with van der Waals surface area (Å²) in [5.41, 5.74) is 1.91. The van der Waals surface area contributed by atoms with E-state index < -0.39 is 0 Å². The van der Waals surface area contributed by atoms with Crippen molar-refractivity contribution in [2.24, 2.45) is 0 Å². The Balaban J connectivity index is 1.89. The van der Waals surface area contributed by atoms with E-state index in [2.05, 4.69) is 4.98 Å². The van der Waals surface area contributed by atoms with Gasteiger partial charge in [-0.15, -0.1) is 11.8 Å². The van der Waals surface area contributed by atoms with Gasteiger partial charge in [0.1, 0.15) is 0 Å². The third-order valence-corrected chi connectivity index (χ3v) is 7.03. The first-order valence-electron chi connectivity index (χ1n) is 6.92. The van der Waals surface area contributed by atoms with Gasteiger partial charge in [-0.05, 0) is 25.0 Å². The fourth-order valence-electron chi connectivity index (χ4n) is 2.52. The Morgan fingerprint density at radius 3 is 2.52 bits per heavy atom. The Labute approximate surface area is 148 Å². The van der Waals surface area contributed by atoms with E-state index in [4.69, 9.17) is 34.8 Å². The van der Waals surface area contributed by atoms with E-state index in [9.17, 15) is 0 Å². The highest BCUT2D eigenvalue weighted by atomic mass is 35.5. The van der Waals surface area contributed by atoms with Gasteiger partial charge in [0.05, 0.1) is 19.9 Å². The maximum Gasteiger partial charge on any atom is 0.185 e. The van der Waals surface area contributed by atoms with Crippen molar-refractivity contribution < 1.29 is 0 Å². The molecule has 1 aliphatic carbocycles. The van der Waals surface area contributed by atoms with E-state index in [1.54, 1.807) is 11.3 Å². The van der Waals surface area contributed by atoms with E-state index in [0.717, 1.165) is 11.3 Å². The SMILES string of the molecule is Clc1nc(-c2ccc(Cl)c(Cl)c2)c(SC2CCCCC2)s1. The number of hydrogen-bond donors (Lipinski definition) is 0. The zero-order chi connectivity index (χ0) is 14.8. The lowest BCUT2D eigenvalue weighted by atomic mass is 10.0. The summed E-state index contributed by atoms with van der Waals surface area (Å²) < 4.78 is 1.76. The smallest absolute Gasteiger partial charge is 0.185 e. The van der Waals surface area contributed by atoms with E-state index in [0.29, 0.717) is 19.8 Å². The lowest BCUT2D eigenvalue weighted by Gasteiger charge is -2.20.